The van der Waals surface area contributed by atoms with E-state index in [-0.39, 0.29) is 42.0 Å². The van der Waals surface area contributed by atoms with Gasteiger partial charge in [-0.25, -0.2) is 13.2 Å². The number of carboxylic acid groups (broad SMARTS) is 1. The van der Waals surface area contributed by atoms with Crippen molar-refractivity contribution >= 4 is 36.8 Å². The van der Waals surface area contributed by atoms with Gasteiger partial charge in [-0.1, -0.05) is 31.5 Å². The van der Waals surface area contributed by atoms with Crippen LogP contribution >= 0.6 is 25.1 Å². The highest BCUT2D eigenvalue weighted by molar-refractivity contribution is 7.59. The highest BCUT2D eigenvalue weighted by atomic mass is 35.5. The predicted molar refractivity (Wildman–Crippen MR) is 176 cm³/mol. The second-order valence-electron chi connectivity index (χ2n) is 12.3. The molecule has 1 unspecified atom stereocenters. The predicted octanol–water partition coefficient (Wildman–Crippen LogP) is 7.18. The number of alkyl halides is 1. The van der Waals surface area contributed by atoms with Crippen LogP contribution in [0.2, 0.25) is 5.02 Å². The zero-order valence-corrected chi connectivity index (χ0v) is 27.6. The van der Waals surface area contributed by atoms with Crippen molar-refractivity contribution in [1.82, 2.24) is 9.47 Å². The van der Waals surface area contributed by atoms with Gasteiger partial charge in [-0.05, 0) is 90.3 Å². The zero-order chi connectivity index (χ0) is 32.3. The maximum absolute atomic E-state index is 15.6. The van der Waals surface area contributed by atoms with Gasteiger partial charge in [-0.15, -0.1) is 0 Å². The number of nitrogens with zero attached hydrogens (tertiary/aromatic N) is 2. The summed E-state index contributed by atoms with van der Waals surface area (Å²) in [6.07, 6.45) is 0.817. The topological polar surface area (TPSA) is 79.6 Å². The first-order valence-corrected chi connectivity index (χ1v) is 15.2. The Morgan fingerprint density at radius 1 is 1.04 bits per heavy atom. The third-order valence-corrected chi connectivity index (χ3v) is 8.46. The number of Topliss-reactive ketones (excluding diaryl/α,β-unsaturated/α-hetero) is 1. The van der Waals surface area contributed by atoms with Gasteiger partial charge in [0.1, 0.15) is 17.8 Å². The molecule has 45 heavy (non-hydrogen) atoms. The van der Waals surface area contributed by atoms with Gasteiger partial charge >= 0.3 is 5.97 Å². The molecule has 3 aromatic rings. The van der Waals surface area contributed by atoms with Crippen molar-refractivity contribution in [2.75, 3.05) is 19.6 Å². The summed E-state index contributed by atoms with van der Waals surface area (Å²) in [5.74, 6) is -3.93. The summed E-state index contributed by atoms with van der Waals surface area (Å²) in [5, 5.41) is 9.52. The third-order valence-electron chi connectivity index (χ3n) is 8.18. The van der Waals surface area contributed by atoms with Crippen molar-refractivity contribution in [1.29, 1.82) is 0 Å². The molecule has 0 saturated carbocycles. The van der Waals surface area contributed by atoms with E-state index in [9.17, 15) is 28.3 Å². The standard InChI is InChI=1S/C34H38ClF3N2O4.H2S/c1-19(2)9-29(40-16-22(5-6-31(40)42)7-8-39-17-26(37)18-39)30(41)14-23(15-32(43)44)27-12-24(13-28(35)34(27)38)33-20(3)10-25(36)11-21(33)4;/h5-6,10-13,16,19,23,26,29H,7-9,14-15,17-18H2,1-4H3,(H,43,44);1H2/t23-,29?;/m0./s1. The number of carbonyl (C=O) groups excluding carboxylic acids is 1. The Balaban J connectivity index is 0.00000552. The van der Waals surface area contributed by atoms with Crippen molar-refractivity contribution in [3.63, 3.8) is 0 Å². The molecule has 4 rings (SSSR count). The van der Waals surface area contributed by atoms with Crippen LogP contribution in [0.3, 0.4) is 0 Å². The van der Waals surface area contributed by atoms with Crippen LogP contribution in [0.1, 0.15) is 67.3 Å². The SMILES string of the molecule is Cc1cc(F)cc(C)c1-c1cc(Cl)c(F)c([C@H](CC(=O)O)CC(=O)C(CC(C)C)n2cc(CCN3CC(F)C3)ccc2=O)c1.S. The summed E-state index contributed by atoms with van der Waals surface area (Å²) < 4.78 is 44.2. The number of halogens is 4. The Bertz CT molecular complexity index is 1580. The normalized spacial score (nSPS) is 15.0. The van der Waals surface area contributed by atoms with E-state index in [1.54, 1.807) is 26.1 Å². The molecule has 244 valence electrons. The number of carbonyl (C=O) groups is 2. The zero-order valence-electron chi connectivity index (χ0n) is 25.9. The molecule has 0 aliphatic carbocycles. The molecule has 1 aliphatic rings. The Morgan fingerprint density at radius 2 is 1.69 bits per heavy atom. The summed E-state index contributed by atoms with van der Waals surface area (Å²) in [6.45, 7) is 8.62. The number of ketones is 1. The Kier molecular flexibility index (Phi) is 12.5. The molecular formula is C34H40ClF3N2O4S. The first kappa shape index (κ1) is 36.4. The number of aryl methyl sites for hydroxylation is 2. The second kappa shape index (κ2) is 15.5. The van der Waals surface area contributed by atoms with E-state index in [2.05, 4.69) is 0 Å². The third kappa shape index (κ3) is 9.01. The van der Waals surface area contributed by atoms with Crippen molar-refractivity contribution in [3.05, 3.63) is 91.9 Å². The molecule has 2 atom stereocenters. The lowest BCUT2D eigenvalue weighted by Crippen LogP contribution is -2.48. The van der Waals surface area contributed by atoms with Crippen molar-refractivity contribution in [3.8, 4) is 11.1 Å². The molecule has 2 heterocycles. The van der Waals surface area contributed by atoms with Gasteiger partial charge in [0, 0.05) is 44.2 Å². The average Bonchev–Trinajstić information content (AvgIpc) is 2.90. The molecule has 11 heteroatoms. The van der Waals surface area contributed by atoms with Gasteiger partial charge in [0.2, 0.25) is 0 Å². The minimum Gasteiger partial charge on any atom is -0.481 e. The second-order valence-corrected chi connectivity index (χ2v) is 12.7. The van der Waals surface area contributed by atoms with Crippen LogP contribution in [0.25, 0.3) is 11.1 Å². The first-order valence-electron chi connectivity index (χ1n) is 14.8. The van der Waals surface area contributed by atoms with Crippen molar-refractivity contribution < 1.29 is 27.9 Å². The number of hydrogen-bond acceptors (Lipinski definition) is 4. The number of aromatic nitrogens is 1. The van der Waals surface area contributed by atoms with Crippen LogP contribution in [-0.4, -0.2) is 52.1 Å². The quantitative estimate of drug-likeness (QED) is 0.210. The molecule has 0 spiro atoms. The minimum absolute atomic E-state index is 0. The van der Waals surface area contributed by atoms with E-state index in [1.807, 2.05) is 18.7 Å². The fraction of sp³-hybridized carbons (Fsp3) is 0.441. The molecule has 1 saturated heterocycles. The molecule has 1 N–H and O–H groups in total. The van der Waals surface area contributed by atoms with E-state index < -0.39 is 47.9 Å². The van der Waals surface area contributed by atoms with Gasteiger partial charge in [0.05, 0.1) is 17.5 Å². The van der Waals surface area contributed by atoms with E-state index in [4.69, 9.17) is 11.6 Å². The fourth-order valence-electron chi connectivity index (χ4n) is 6.06. The lowest BCUT2D eigenvalue weighted by atomic mass is 9.84. The molecule has 6 nitrogen and oxygen atoms in total. The highest BCUT2D eigenvalue weighted by Crippen LogP contribution is 2.38. The average molecular weight is 665 g/mol. The maximum Gasteiger partial charge on any atom is 0.303 e. The number of aliphatic carboxylic acids is 1. The lowest BCUT2D eigenvalue weighted by Gasteiger charge is -2.34. The maximum atomic E-state index is 15.6. The van der Waals surface area contributed by atoms with Crippen LogP contribution in [0, 0.1) is 31.4 Å². The van der Waals surface area contributed by atoms with Crippen LogP contribution in [-0.2, 0) is 16.0 Å². The summed E-state index contributed by atoms with van der Waals surface area (Å²) in [4.78, 5) is 40.9. The number of carboxylic acids is 1. The minimum atomic E-state index is -1.22. The molecule has 2 aromatic carbocycles. The van der Waals surface area contributed by atoms with Gasteiger partial charge in [0.15, 0.2) is 5.78 Å². The lowest BCUT2D eigenvalue weighted by molar-refractivity contribution is -0.137. The Morgan fingerprint density at radius 3 is 2.27 bits per heavy atom. The summed E-state index contributed by atoms with van der Waals surface area (Å²) >= 11 is 6.31. The molecule has 0 amide bonds. The van der Waals surface area contributed by atoms with E-state index >= 15 is 4.39 Å². The van der Waals surface area contributed by atoms with Gasteiger partial charge in [-0.2, -0.15) is 13.5 Å². The number of benzene rings is 2. The molecule has 1 fully saturated rings. The van der Waals surface area contributed by atoms with Crippen LogP contribution in [0.15, 0.2) is 47.4 Å². The van der Waals surface area contributed by atoms with E-state index in [0.29, 0.717) is 54.7 Å². The molecule has 1 aliphatic heterocycles. The van der Waals surface area contributed by atoms with Crippen LogP contribution in [0.4, 0.5) is 13.2 Å². The number of rotatable bonds is 13. The molecule has 0 radical (unpaired) electrons. The first-order chi connectivity index (χ1) is 20.7. The van der Waals surface area contributed by atoms with Crippen LogP contribution in [0.5, 0.6) is 0 Å². The highest BCUT2D eigenvalue weighted by Gasteiger charge is 2.30. The number of hydrogen-bond donors (Lipinski definition) is 1. The molecular weight excluding hydrogens is 625 g/mol. The number of pyridine rings is 1. The summed E-state index contributed by atoms with van der Waals surface area (Å²) in [5.41, 5.74) is 2.70. The van der Waals surface area contributed by atoms with Crippen molar-refractivity contribution in [2.24, 2.45) is 5.92 Å². The van der Waals surface area contributed by atoms with E-state index in [1.165, 1.54) is 34.9 Å². The number of likely N-dealkylation sites (tertiary alicyclic amines) is 1. The summed E-state index contributed by atoms with van der Waals surface area (Å²) in [7, 11) is 0. The smallest absolute Gasteiger partial charge is 0.303 e. The van der Waals surface area contributed by atoms with Crippen LogP contribution < -0.4 is 5.56 Å². The Hall–Kier alpha value is -3.08. The van der Waals surface area contributed by atoms with Crippen molar-refractivity contribution in [2.45, 2.75) is 71.5 Å². The largest absolute Gasteiger partial charge is 0.481 e. The monoisotopic (exact) mass is 664 g/mol. The summed E-state index contributed by atoms with van der Waals surface area (Å²) in [6, 6.07) is 7.78. The van der Waals surface area contributed by atoms with Gasteiger partial charge in [-0.3, -0.25) is 19.3 Å². The van der Waals surface area contributed by atoms with Gasteiger partial charge < -0.3 is 9.67 Å². The van der Waals surface area contributed by atoms with E-state index in [0.717, 1.165) is 5.56 Å². The molecule has 0 bridgehead atoms. The van der Waals surface area contributed by atoms with Gasteiger partial charge in [0.25, 0.3) is 5.56 Å². The molecule has 1 aromatic heterocycles. The Labute approximate surface area is 273 Å². The fourth-order valence-corrected chi connectivity index (χ4v) is 6.29.